The Morgan fingerprint density at radius 3 is 2.47 bits per heavy atom. The Morgan fingerprint density at radius 2 is 1.88 bits per heavy atom. The summed E-state index contributed by atoms with van der Waals surface area (Å²) in [6.07, 6.45) is 3.84. The number of hydrogen-bond donors (Lipinski definition) is 1. The van der Waals surface area contributed by atoms with E-state index in [-0.39, 0.29) is 0 Å². The Balaban J connectivity index is 2.37. The molecule has 0 saturated heterocycles. The number of nitrogens with two attached hydrogens (primary N) is 1. The lowest BCUT2D eigenvalue weighted by atomic mass is 9.92. The third kappa shape index (κ3) is 1.36. The summed E-state index contributed by atoms with van der Waals surface area (Å²) in [5, 5.41) is 1.04. The first-order valence-corrected chi connectivity index (χ1v) is 6.21. The summed E-state index contributed by atoms with van der Waals surface area (Å²) >= 11 is 0. The van der Waals surface area contributed by atoms with Gasteiger partial charge in [-0.15, -0.1) is 0 Å². The SMILES string of the molecule is Cc1nc(N)c2c(C)c(C)n(C3CCC3)c2n1. The van der Waals surface area contributed by atoms with Crippen molar-refractivity contribution in [2.24, 2.45) is 0 Å². The highest BCUT2D eigenvalue weighted by Gasteiger charge is 2.25. The Morgan fingerprint density at radius 1 is 1.18 bits per heavy atom. The molecule has 4 nitrogen and oxygen atoms in total. The van der Waals surface area contributed by atoms with Gasteiger partial charge in [0, 0.05) is 11.7 Å². The smallest absolute Gasteiger partial charge is 0.146 e. The maximum Gasteiger partial charge on any atom is 0.146 e. The van der Waals surface area contributed by atoms with Gasteiger partial charge in [-0.25, -0.2) is 9.97 Å². The van der Waals surface area contributed by atoms with Gasteiger partial charge in [0.05, 0.1) is 5.39 Å². The van der Waals surface area contributed by atoms with Crippen molar-refractivity contribution >= 4 is 16.9 Å². The summed E-state index contributed by atoms with van der Waals surface area (Å²) in [6.45, 7) is 6.17. The number of nitrogen functional groups attached to an aromatic ring is 1. The van der Waals surface area contributed by atoms with Crippen molar-refractivity contribution in [1.82, 2.24) is 14.5 Å². The minimum atomic E-state index is 0.611. The number of aromatic nitrogens is 3. The maximum absolute atomic E-state index is 6.04. The molecular weight excluding hydrogens is 212 g/mol. The molecule has 1 saturated carbocycles. The third-order valence-corrected chi connectivity index (χ3v) is 3.98. The van der Waals surface area contributed by atoms with Crippen molar-refractivity contribution < 1.29 is 0 Å². The van der Waals surface area contributed by atoms with Crippen molar-refractivity contribution in [2.45, 2.75) is 46.1 Å². The van der Waals surface area contributed by atoms with Crippen molar-refractivity contribution in [2.75, 3.05) is 5.73 Å². The second-order valence-electron chi connectivity index (χ2n) is 5.02. The molecule has 1 aliphatic carbocycles. The average molecular weight is 230 g/mol. The van der Waals surface area contributed by atoms with Crippen LogP contribution < -0.4 is 5.73 Å². The summed E-state index contributed by atoms with van der Waals surface area (Å²) < 4.78 is 2.36. The zero-order valence-corrected chi connectivity index (χ0v) is 10.6. The fourth-order valence-electron chi connectivity index (χ4n) is 2.73. The molecule has 2 aromatic heterocycles. The molecule has 0 bridgehead atoms. The zero-order valence-electron chi connectivity index (χ0n) is 10.6. The predicted octanol–water partition coefficient (Wildman–Crippen LogP) is 2.66. The van der Waals surface area contributed by atoms with Gasteiger partial charge >= 0.3 is 0 Å². The fourth-order valence-corrected chi connectivity index (χ4v) is 2.73. The highest BCUT2D eigenvalue weighted by molar-refractivity contribution is 5.91. The van der Waals surface area contributed by atoms with E-state index in [1.54, 1.807) is 0 Å². The molecule has 1 fully saturated rings. The van der Waals surface area contributed by atoms with Crippen LogP contribution in [0.1, 0.15) is 42.4 Å². The van der Waals surface area contributed by atoms with Gasteiger partial charge in [0.15, 0.2) is 0 Å². The highest BCUT2D eigenvalue weighted by Crippen LogP contribution is 2.38. The molecule has 0 aliphatic heterocycles. The molecule has 0 aromatic carbocycles. The van der Waals surface area contributed by atoms with Crippen LogP contribution in [0.2, 0.25) is 0 Å². The second kappa shape index (κ2) is 3.45. The van der Waals surface area contributed by atoms with Gasteiger partial charge in [0.25, 0.3) is 0 Å². The number of anilines is 1. The van der Waals surface area contributed by atoms with Crippen molar-refractivity contribution in [3.8, 4) is 0 Å². The summed E-state index contributed by atoms with van der Waals surface area (Å²) in [6, 6.07) is 0.611. The van der Waals surface area contributed by atoms with Crippen LogP contribution in [0.3, 0.4) is 0 Å². The normalized spacial score (nSPS) is 16.4. The standard InChI is InChI=1S/C13H18N4/c1-7-8(2)17(10-5-4-6-10)13-11(7)12(14)15-9(3)16-13/h10H,4-6H2,1-3H3,(H2,14,15,16). The van der Waals surface area contributed by atoms with E-state index in [1.165, 1.54) is 30.5 Å². The predicted molar refractivity (Wildman–Crippen MR) is 69.0 cm³/mol. The van der Waals surface area contributed by atoms with E-state index < -0.39 is 0 Å². The Kier molecular flexibility index (Phi) is 2.15. The molecular formula is C13H18N4. The van der Waals surface area contributed by atoms with Gasteiger partial charge in [0.1, 0.15) is 17.3 Å². The number of hydrogen-bond acceptors (Lipinski definition) is 3. The monoisotopic (exact) mass is 230 g/mol. The highest BCUT2D eigenvalue weighted by atomic mass is 15.1. The largest absolute Gasteiger partial charge is 0.383 e. The molecule has 2 N–H and O–H groups in total. The molecule has 2 aromatic rings. The van der Waals surface area contributed by atoms with Crippen LogP contribution in [0.15, 0.2) is 0 Å². The number of nitrogens with zero attached hydrogens (tertiary/aromatic N) is 3. The molecule has 0 atom stereocenters. The van der Waals surface area contributed by atoms with E-state index in [4.69, 9.17) is 5.73 Å². The number of rotatable bonds is 1. The van der Waals surface area contributed by atoms with Crippen LogP contribution in [0.5, 0.6) is 0 Å². The molecule has 0 unspecified atom stereocenters. The minimum Gasteiger partial charge on any atom is -0.383 e. The average Bonchev–Trinajstić information content (AvgIpc) is 2.41. The zero-order chi connectivity index (χ0) is 12.2. The van der Waals surface area contributed by atoms with Crippen LogP contribution >= 0.6 is 0 Å². The van der Waals surface area contributed by atoms with E-state index in [2.05, 4.69) is 28.4 Å². The van der Waals surface area contributed by atoms with Crippen LogP contribution in [0, 0.1) is 20.8 Å². The van der Waals surface area contributed by atoms with Crippen molar-refractivity contribution in [1.29, 1.82) is 0 Å². The first-order valence-electron chi connectivity index (χ1n) is 6.21. The van der Waals surface area contributed by atoms with Crippen LogP contribution in [0.25, 0.3) is 11.0 Å². The van der Waals surface area contributed by atoms with Gasteiger partial charge in [-0.1, -0.05) is 0 Å². The Hall–Kier alpha value is -1.58. The van der Waals surface area contributed by atoms with Gasteiger partial charge in [-0.3, -0.25) is 0 Å². The Labute approximate surface area is 101 Å². The van der Waals surface area contributed by atoms with Gasteiger partial charge in [-0.2, -0.15) is 0 Å². The molecule has 4 heteroatoms. The Bertz CT molecular complexity index is 593. The quantitative estimate of drug-likeness (QED) is 0.819. The molecule has 0 radical (unpaired) electrons. The molecule has 90 valence electrons. The number of aryl methyl sites for hydroxylation is 2. The van der Waals surface area contributed by atoms with E-state index in [0.717, 1.165) is 16.9 Å². The molecule has 17 heavy (non-hydrogen) atoms. The van der Waals surface area contributed by atoms with Crippen LogP contribution in [-0.4, -0.2) is 14.5 Å². The maximum atomic E-state index is 6.04. The van der Waals surface area contributed by atoms with E-state index in [0.29, 0.717) is 11.9 Å². The molecule has 2 heterocycles. The topological polar surface area (TPSA) is 56.7 Å². The third-order valence-electron chi connectivity index (χ3n) is 3.98. The first kappa shape index (κ1) is 10.6. The lowest BCUT2D eigenvalue weighted by molar-refractivity contribution is 0.316. The summed E-state index contributed by atoms with van der Waals surface area (Å²) in [5.74, 6) is 1.37. The van der Waals surface area contributed by atoms with E-state index >= 15 is 0 Å². The molecule has 3 rings (SSSR count). The first-order chi connectivity index (χ1) is 8.09. The minimum absolute atomic E-state index is 0.611. The number of fused-ring (bicyclic) bond motifs is 1. The van der Waals surface area contributed by atoms with Gasteiger partial charge in [-0.05, 0) is 45.6 Å². The van der Waals surface area contributed by atoms with E-state index in [9.17, 15) is 0 Å². The van der Waals surface area contributed by atoms with Crippen molar-refractivity contribution in [3.05, 3.63) is 17.1 Å². The van der Waals surface area contributed by atoms with Crippen LogP contribution in [-0.2, 0) is 0 Å². The molecule has 1 aliphatic rings. The summed E-state index contributed by atoms with van der Waals surface area (Å²) in [4.78, 5) is 8.87. The lowest BCUT2D eigenvalue weighted by Gasteiger charge is -2.29. The summed E-state index contributed by atoms with van der Waals surface area (Å²) in [5.41, 5.74) is 9.57. The fraction of sp³-hybridized carbons (Fsp3) is 0.538. The van der Waals surface area contributed by atoms with Crippen LogP contribution in [0.4, 0.5) is 5.82 Å². The lowest BCUT2D eigenvalue weighted by Crippen LogP contribution is -2.18. The second-order valence-corrected chi connectivity index (χ2v) is 5.02. The molecule has 0 amide bonds. The van der Waals surface area contributed by atoms with Gasteiger partial charge < -0.3 is 10.3 Å². The van der Waals surface area contributed by atoms with E-state index in [1.807, 2.05) is 6.92 Å². The van der Waals surface area contributed by atoms with Crippen molar-refractivity contribution in [3.63, 3.8) is 0 Å². The van der Waals surface area contributed by atoms with Gasteiger partial charge in [0.2, 0.25) is 0 Å². The summed E-state index contributed by atoms with van der Waals surface area (Å²) in [7, 11) is 0. The molecule has 0 spiro atoms.